The van der Waals surface area contributed by atoms with Crippen LogP contribution in [0.1, 0.15) is 42.5 Å². The molecule has 1 fully saturated rings. The van der Waals surface area contributed by atoms with E-state index in [1.807, 2.05) is 6.07 Å². The van der Waals surface area contributed by atoms with Crippen LogP contribution >= 0.6 is 31.9 Å². The third-order valence-electron chi connectivity index (χ3n) is 3.55. The van der Waals surface area contributed by atoms with Gasteiger partial charge in [-0.15, -0.1) is 0 Å². The fraction of sp³-hybridized carbons (Fsp3) is 0.429. The molecule has 0 spiro atoms. The number of nitrogens with one attached hydrogen (secondary N) is 1. The average Bonchev–Trinajstić information content (AvgIpc) is 2.74. The Morgan fingerprint density at radius 3 is 2.20 bits per heavy atom. The first kappa shape index (κ1) is 15.5. The van der Waals surface area contributed by atoms with Crippen molar-refractivity contribution in [3.05, 3.63) is 32.7 Å². The molecule has 20 heavy (non-hydrogen) atoms. The molecule has 0 heterocycles. The SMILES string of the molecule is O=C(O)CC1(NC(=O)c2cc(Br)cc(Br)c2)CCCC1. The minimum absolute atomic E-state index is 0.0199. The Morgan fingerprint density at radius 1 is 1.15 bits per heavy atom. The first-order valence-corrected chi connectivity index (χ1v) is 7.99. The molecular weight excluding hydrogens is 390 g/mol. The van der Waals surface area contributed by atoms with Gasteiger partial charge in [-0.1, -0.05) is 44.7 Å². The first-order chi connectivity index (χ1) is 9.40. The van der Waals surface area contributed by atoms with Gasteiger partial charge in [0.25, 0.3) is 5.91 Å². The van der Waals surface area contributed by atoms with Crippen molar-refractivity contribution < 1.29 is 14.7 Å². The van der Waals surface area contributed by atoms with E-state index in [0.29, 0.717) is 5.56 Å². The molecule has 1 saturated carbocycles. The average molecular weight is 405 g/mol. The summed E-state index contributed by atoms with van der Waals surface area (Å²) in [6.45, 7) is 0. The van der Waals surface area contributed by atoms with Gasteiger partial charge < -0.3 is 10.4 Å². The second-order valence-corrected chi connectivity index (χ2v) is 7.00. The van der Waals surface area contributed by atoms with Crippen LogP contribution in [-0.4, -0.2) is 22.5 Å². The molecule has 6 heteroatoms. The van der Waals surface area contributed by atoms with Gasteiger partial charge in [-0.2, -0.15) is 0 Å². The predicted molar refractivity (Wildman–Crippen MR) is 82.8 cm³/mol. The molecule has 2 rings (SSSR count). The first-order valence-electron chi connectivity index (χ1n) is 6.41. The van der Waals surface area contributed by atoms with Crippen LogP contribution in [0.2, 0.25) is 0 Å². The van der Waals surface area contributed by atoms with Crippen molar-refractivity contribution in [3.63, 3.8) is 0 Å². The van der Waals surface area contributed by atoms with Crippen molar-refractivity contribution in [2.24, 2.45) is 0 Å². The van der Waals surface area contributed by atoms with Gasteiger partial charge in [0, 0.05) is 14.5 Å². The summed E-state index contributed by atoms with van der Waals surface area (Å²) in [5.41, 5.74) is -0.0829. The van der Waals surface area contributed by atoms with E-state index in [-0.39, 0.29) is 12.3 Å². The molecule has 0 bridgehead atoms. The summed E-state index contributed by atoms with van der Waals surface area (Å²) >= 11 is 6.69. The van der Waals surface area contributed by atoms with E-state index in [1.165, 1.54) is 0 Å². The molecule has 0 saturated heterocycles. The molecule has 0 unspecified atom stereocenters. The van der Waals surface area contributed by atoms with Crippen LogP contribution in [0.15, 0.2) is 27.1 Å². The standard InChI is InChI=1S/C14H15Br2NO3/c15-10-5-9(6-11(16)7-10)13(20)17-14(8-12(18)19)3-1-2-4-14/h5-7H,1-4,8H2,(H,17,20)(H,18,19). The zero-order chi connectivity index (χ0) is 14.8. The van der Waals surface area contributed by atoms with Crippen LogP contribution in [0.5, 0.6) is 0 Å². The van der Waals surface area contributed by atoms with Crippen LogP contribution in [0, 0.1) is 0 Å². The van der Waals surface area contributed by atoms with Gasteiger partial charge in [-0.3, -0.25) is 9.59 Å². The molecule has 0 aromatic heterocycles. The summed E-state index contributed by atoms with van der Waals surface area (Å²) < 4.78 is 1.60. The topological polar surface area (TPSA) is 66.4 Å². The molecule has 1 aromatic carbocycles. The molecule has 108 valence electrons. The zero-order valence-electron chi connectivity index (χ0n) is 10.8. The number of hydrogen-bond donors (Lipinski definition) is 2. The number of carbonyl (C=O) groups excluding carboxylic acids is 1. The lowest BCUT2D eigenvalue weighted by molar-refractivity contribution is -0.138. The number of amides is 1. The maximum Gasteiger partial charge on any atom is 0.305 e. The van der Waals surface area contributed by atoms with Gasteiger partial charge in [-0.25, -0.2) is 0 Å². The lowest BCUT2D eigenvalue weighted by Gasteiger charge is -2.28. The van der Waals surface area contributed by atoms with Crippen molar-refractivity contribution in [1.82, 2.24) is 5.32 Å². The summed E-state index contributed by atoms with van der Waals surface area (Å²) in [6, 6.07) is 5.30. The smallest absolute Gasteiger partial charge is 0.305 e. The van der Waals surface area contributed by atoms with Gasteiger partial charge >= 0.3 is 5.97 Å². The highest BCUT2D eigenvalue weighted by Crippen LogP contribution is 2.33. The Morgan fingerprint density at radius 2 is 1.70 bits per heavy atom. The third kappa shape index (κ3) is 3.82. The van der Waals surface area contributed by atoms with Crippen LogP contribution in [-0.2, 0) is 4.79 Å². The van der Waals surface area contributed by atoms with E-state index in [9.17, 15) is 9.59 Å². The van der Waals surface area contributed by atoms with Crippen molar-refractivity contribution in [1.29, 1.82) is 0 Å². The third-order valence-corrected chi connectivity index (χ3v) is 4.47. The maximum atomic E-state index is 12.3. The molecule has 1 aliphatic rings. The van der Waals surface area contributed by atoms with Gasteiger partial charge in [-0.05, 0) is 31.0 Å². The number of benzene rings is 1. The number of carboxylic acid groups (broad SMARTS) is 1. The Balaban J connectivity index is 2.18. The molecule has 2 N–H and O–H groups in total. The number of carboxylic acids is 1. The Hall–Kier alpha value is -0.880. The van der Waals surface area contributed by atoms with E-state index >= 15 is 0 Å². The molecule has 0 aliphatic heterocycles. The van der Waals surface area contributed by atoms with Crippen molar-refractivity contribution in [2.45, 2.75) is 37.6 Å². The molecular formula is C14H15Br2NO3. The summed E-state index contributed by atoms with van der Waals surface area (Å²) in [5.74, 6) is -1.10. The highest BCUT2D eigenvalue weighted by atomic mass is 79.9. The summed E-state index contributed by atoms with van der Waals surface area (Å²) in [6.07, 6.45) is 3.33. The Bertz CT molecular complexity index is 519. The summed E-state index contributed by atoms with van der Waals surface area (Å²) in [4.78, 5) is 23.4. The molecule has 4 nitrogen and oxygen atoms in total. The van der Waals surface area contributed by atoms with E-state index in [1.54, 1.807) is 12.1 Å². The van der Waals surface area contributed by atoms with E-state index < -0.39 is 11.5 Å². The summed E-state index contributed by atoms with van der Waals surface area (Å²) in [5, 5.41) is 12.0. The molecule has 1 aromatic rings. The zero-order valence-corrected chi connectivity index (χ0v) is 14.0. The number of rotatable bonds is 4. The number of carbonyl (C=O) groups is 2. The fourth-order valence-electron chi connectivity index (χ4n) is 2.69. The molecule has 0 radical (unpaired) electrons. The lowest BCUT2D eigenvalue weighted by atomic mass is 9.92. The lowest BCUT2D eigenvalue weighted by Crippen LogP contribution is -2.47. The monoisotopic (exact) mass is 403 g/mol. The van der Waals surface area contributed by atoms with Crippen LogP contribution in [0.25, 0.3) is 0 Å². The quantitative estimate of drug-likeness (QED) is 0.803. The maximum absolute atomic E-state index is 12.3. The fourth-order valence-corrected chi connectivity index (χ4v) is 3.98. The second-order valence-electron chi connectivity index (χ2n) is 5.17. The molecule has 1 amide bonds. The number of hydrogen-bond acceptors (Lipinski definition) is 2. The van der Waals surface area contributed by atoms with E-state index in [0.717, 1.165) is 34.6 Å². The van der Waals surface area contributed by atoms with Crippen molar-refractivity contribution in [3.8, 4) is 0 Å². The normalized spacial score (nSPS) is 16.9. The minimum atomic E-state index is -0.873. The van der Waals surface area contributed by atoms with Gasteiger partial charge in [0.15, 0.2) is 0 Å². The largest absolute Gasteiger partial charge is 0.481 e. The van der Waals surface area contributed by atoms with Gasteiger partial charge in [0.2, 0.25) is 0 Å². The number of halogens is 2. The second kappa shape index (κ2) is 6.26. The number of aliphatic carboxylic acids is 1. The Labute approximate surface area is 134 Å². The van der Waals surface area contributed by atoms with E-state index in [4.69, 9.17) is 5.11 Å². The molecule has 1 aliphatic carbocycles. The van der Waals surface area contributed by atoms with Crippen molar-refractivity contribution in [2.75, 3.05) is 0 Å². The Kier molecular flexibility index (Phi) is 4.86. The highest BCUT2D eigenvalue weighted by molar-refractivity contribution is 9.11. The minimum Gasteiger partial charge on any atom is -0.481 e. The van der Waals surface area contributed by atoms with Crippen molar-refractivity contribution >= 4 is 43.7 Å². The highest BCUT2D eigenvalue weighted by Gasteiger charge is 2.37. The summed E-state index contributed by atoms with van der Waals surface area (Å²) in [7, 11) is 0. The van der Waals surface area contributed by atoms with Crippen LogP contribution in [0.3, 0.4) is 0 Å². The van der Waals surface area contributed by atoms with E-state index in [2.05, 4.69) is 37.2 Å². The molecule has 0 atom stereocenters. The van der Waals surface area contributed by atoms with Gasteiger partial charge in [0.05, 0.1) is 12.0 Å². The van der Waals surface area contributed by atoms with Crippen LogP contribution < -0.4 is 5.32 Å². The predicted octanol–water partition coefficient (Wildman–Crippen LogP) is 3.73. The van der Waals surface area contributed by atoms with Gasteiger partial charge in [0.1, 0.15) is 0 Å². The van der Waals surface area contributed by atoms with Crippen LogP contribution in [0.4, 0.5) is 0 Å².